The molecule has 0 bridgehead atoms. The minimum Gasteiger partial charge on any atom is -0.510 e. The molecule has 1 amide bonds. The summed E-state index contributed by atoms with van der Waals surface area (Å²) in [5.41, 5.74) is 4.24. The summed E-state index contributed by atoms with van der Waals surface area (Å²) >= 11 is 0. The molecule has 44 heavy (non-hydrogen) atoms. The van der Waals surface area contributed by atoms with Crippen LogP contribution in [0.15, 0.2) is 28.7 Å². The van der Waals surface area contributed by atoms with Crippen LogP contribution in [0, 0.1) is 23.7 Å². The molecule has 0 aliphatic heterocycles. The Morgan fingerprint density at radius 2 is 1.77 bits per heavy atom. The van der Waals surface area contributed by atoms with E-state index >= 15 is 0 Å². The number of primary amides is 1. The van der Waals surface area contributed by atoms with Crippen molar-refractivity contribution in [2.45, 2.75) is 64.1 Å². The van der Waals surface area contributed by atoms with Gasteiger partial charge in [0.05, 0.1) is 11.6 Å². The van der Waals surface area contributed by atoms with E-state index < -0.39 is 58.0 Å². The molecule has 0 heterocycles. The summed E-state index contributed by atoms with van der Waals surface area (Å²) in [6.45, 7) is 6.91. The summed E-state index contributed by atoms with van der Waals surface area (Å²) in [6.07, 6.45) is 3.81. The fourth-order valence-electron chi connectivity index (χ4n) is 7.63. The average molecular weight is 611 g/mol. The van der Waals surface area contributed by atoms with Gasteiger partial charge in [0, 0.05) is 44.4 Å². The first-order valence-corrected chi connectivity index (χ1v) is 15.5. The number of aromatic hydroxyl groups is 1. The standard InChI is InChI=1S/C33H46N4O7/c1-16(2)9-10-37(14-17-7-8-17)15-19-13-22(38)24-20(26(19)35(3)4)11-18-12-21-27(36(5)6)29(40)25(32(34)43)31(42)33(21,44)30(41)23(18)28(24)39/h13,16-18,21,27,38,40-41,44H,7-12,14-15H2,1-6H3,(H2,34,43)/t18-,21-,27-,33-/m0/s1. The maximum absolute atomic E-state index is 14.1. The van der Waals surface area contributed by atoms with Gasteiger partial charge in [-0.05, 0) is 87.7 Å². The monoisotopic (exact) mass is 610 g/mol. The number of phenolic OH excluding ortho intramolecular Hbond substituents is 1. The summed E-state index contributed by atoms with van der Waals surface area (Å²) in [5.74, 6) is -5.23. The van der Waals surface area contributed by atoms with Crippen molar-refractivity contribution in [1.82, 2.24) is 9.80 Å². The number of nitrogens with zero attached hydrogens (tertiary/aromatic N) is 3. The van der Waals surface area contributed by atoms with Gasteiger partial charge in [-0.3, -0.25) is 24.2 Å². The normalized spacial score (nSPS) is 26.8. The maximum Gasteiger partial charge on any atom is 0.255 e. The number of Topliss-reactive ketones (excluding diaryl/α,β-unsaturated/α-hetero) is 2. The van der Waals surface area contributed by atoms with Gasteiger partial charge in [-0.2, -0.15) is 0 Å². The van der Waals surface area contributed by atoms with Crippen molar-refractivity contribution in [3.63, 3.8) is 0 Å². The molecule has 1 aromatic rings. The molecule has 0 radical (unpaired) electrons. The van der Waals surface area contributed by atoms with Crippen LogP contribution in [0.1, 0.15) is 61.0 Å². The molecule has 4 atom stereocenters. The zero-order valence-electron chi connectivity index (χ0n) is 26.6. The first-order valence-electron chi connectivity index (χ1n) is 15.5. The van der Waals surface area contributed by atoms with Crippen LogP contribution in [0.4, 0.5) is 5.69 Å². The van der Waals surface area contributed by atoms with Crippen molar-refractivity contribution in [3.05, 3.63) is 45.4 Å². The number of likely N-dealkylation sites (N-methyl/N-ethyl adjacent to an activating group) is 1. The summed E-state index contributed by atoms with van der Waals surface area (Å²) in [4.78, 5) is 45.8. The summed E-state index contributed by atoms with van der Waals surface area (Å²) in [5, 5.41) is 45.7. The third kappa shape index (κ3) is 5.18. The highest BCUT2D eigenvalue weighted by Gasteiger charge is 2.63. The Kier molecular flexibility index (Phi) is 8.37. The van der Waals surface area contributed by atoms with E-state index in [1.807, 2.05) is 19.0 Å². The predicted molar refractivity (Wildman–Crippen MR) is 165 cm³/mol. The highest BCUT2D eigenvalue weighted by molar-refractivity contribution is 6.24. The minimum atomic E-state index is -2.65. The van der Waals surface area contributed by atoms with Crippen molar-refractivity contribution in [1.29, 1.82) is 0 Å². The number of carbonyl (C=O) groups excluding carboxylic acids is 3. The molecule has 0 unspecified atom stereocenters. The highest BCUT2D eigenvalue weighted by Crippen LogP contribution is 2.53. The number of aliphatic hydroxyl groups is 3. The Labute approximate surface area is 258 Å². The van der Waals surface area contributed by atoms with Crippen LogP contribution in [0.25, 0.3) is 0 Å². The fourth-order valence-corrected chi connectivity index (χ4v) is 7.63. The van der Waals surface area contributed by atoms with Gasteiger partial charge >= 0.3 is 0 Å². The fraction of sp³-hybridized carbons (Fsp3) is 0.606. The second-order valence-corrected chi connectivity index (χ2v) is 14.0. The number of allylic oxidation sites excluding steroid dienone is 1. The van der Waals surface area contributed by atoms with Gasteiger partial charge in [-0.1, -0.05) is 13.8 Å². The largest absolute Gasteiger partial charge is 0.510 e. The molecule has 1 aromatic carbocycles. The van der Waals surface area contributed by atoms with Crippen LogP contribution in [-0.2, 0) is 22.6 Å². The molecule has 0 aromatic heterocycles. The molecule has 0 saturated heterocycles. The van der Waals surface area contributed by atoms with E-state index in [0.29, 0.717) is 23.9 Å². The molecule has 11 nitrogen and oxygen atoms in total. The lowest BCUT2D eigenvalue weighted by Crippen LogP contribution is -2.63. The number of carbonyl (C=O) groups is 3. The van der Waals surface area contributed by atoms with E-state index in [1.165, 1.54) is 12.8 Å². The second-order valence-electron chi connectivity index (χ2n) is 14.0. The molecule has 240 valence electrons. The number of hydrogen-bond acceptors (Lipinski definition) is 10. The Balaban J connectivity index is 1.62. The zero-order valence-corrected chi connectivity index (χ0v) is 26.6. The summed E-state index contributed by atoms with van der Waals surface area (Å²) in [6, 6.07) is 0.602. The van der Waals surface area contributed by atoms with Crippen LogP contribution < -0.4 is 10.6 Å². The smallest absolute Gasteiger partial charge is 0.255 e. The van der Waals surface area contributed by atoms with E-state index in [9.17, 15) is 34.8 Å². The van der Waals surface area contributed by atoms with E-state index in [4.69, 9.17) is 5.73 Å². The third-order valence-corrected chi connectivity index (χ3v) is 9.85. The number of amides is 1. The average Bonchev–Trinajstić information content (AvgIpc) is 3.72. The topological polar surface area (TPSA) is 168 Å². The van der Waals surface area contributed by atoms with Gasteiger partial charge < -0.3 is 31.1 Å². The van der Waals surface area contributed by atoms with E-state index in [2.05, 4.69) is 18.7 Å². The lowest BCUT2D eigenvalue weighted by atomic mass is 9.58. The number of phenols is 1. The van der Waals surface area contributed by atoms with E-state index in [-0.39, 0.29) is 29.7 Å². The SMILES string of the molecule is CC(C)CCN(Cc1cc(O)c2c(c1N(C)C)C[C@H]1C[C@H]3[C@H](N(C)C)C(O)=C(C(N)=O)C(=O)[C@@]3(O)C(O)=C1C2=O)CC1CC1. The number of rotatable bonds is 10. The maximum atomic E-state index is 14.1. The summed E-state index contributed by atoms with van der Waals surface area (Å²) < 4.78 is 0. The molecule has 1 saturated carbocycles. The molecule has 6 N–H and O–H groups in total. The number of ketones is 2. The number of fused-ring (bicyclic) bond motifs is 3. The first kappa shape index (κ1) is 32.0. The predicted octanol–water partition coefficient (Wildman–Crippen LogP) is 2.44. The van der Waals surface area contributed by atoms with Crippen LogP contribution in [0.3, 0.4) is 0 Å². The number of hydrogen-bond donors (Lipinski definition) is 5. The molecule has 11 heteroatoms. The lowest BCUT2D eigenvalue weighted by molar-refractivity contribution is -0.148. The van der Waals surface area contributed by atoms with Gasteiger partial charge in [0.25, 0.3) is 5.91 Å². The van der Waals surface area contributed by atoms with Crippen LogP contribution in [0.5, 0.6) is 5.75 Å². The van der Waals surface area contributed by atoms with Gasteiger partial charge in [-0.25, -0.2) is 0 Å². The first-order chi connectivity index (χ1) is 20.6. The van der Waals surface area contributed by atoms with Crippen molar-refractivity contribution < 1.29 is 34.8 Å². The van der Waals surface area contributed by atoms with Gasteiger partial charge in [0.1, 0.15) is 22.8 Å². The molecule has 4 aliphatic carbocycles. The Morgan fingerprint density at radius 1 is 1.11 bits per heavy atom. The van der Waals surface area contributed by atoms with E-state index in [0.717, 1.165) is 30.8 Å². The number of nitrogens with two attached hydrogens (primary N) is 1. The van der Waals surface area contributed by atoms with Crippen LogP contribution in [-0.4, -0.2) is 101 Å². The Morgan fingerprint density at radius 3 is 2.32 bits per heavy atom. The minimum absolute atomic E-state index is 0.0363. The van der Waals surface area contributed by atoms with Crippen molar-refractivity contribution in [2.24, 2.45) is 29.4 Å². The Hall–Kier alpha value is -3.41. The van der Waals surface area contributed by atoms with Crippen molar-refractivity contribution in [3.8, 4) is 5.75 Å². The Bertz CT molecular complexity index is 1460. The quantitative estimate of drug-likeness (QED) is 0.248. The molecule has 5 rings (SSSR count). The molecule has 0 spiro atoms. The van der Waals surface area contributed by atoms with Gasteiger partial charge in [0.2, 0.25) is 5.78 Å². The highest BCUT2D eigenvalue weighted by atomic mass is 16.3. The summed E-state index contributed by atoms with van der Waals surface area (Å²) in [7, 11) is 7.04. The lowest BCUT2D eigenvalue weighted by Gasteiger charge is -2.50. The van der Waals surface area contributed by atoms with Crippen molar-refractivity contribution in [2.75, 3.05) is 46.2 Å². The second kappa shape index (κ2) is 11.5. The van der Waals surface area contributed by atoms with Crippen LogP contribution in [0.2, 0.25) is 0 Å². The number of anilines is 1. The van der Waals surface area contributed by atoms with Crippen molar-refractivity contribution >= 4 is 23.2 Å². The molecule has 4 aliphatic rings. The van der Waals surface area contributed by atoms with Gasteiger partial charge in [0.15, 0.2) is 11.4 Å². The molecular weight excluding hydrogens is 564 g/mol. The van der Waals surface area contributed by atoms with E-state index in [1.54, 1.807) is 25.1 Å². The van der Waals surface area contributed by atoms with Crippen LogP contribution >= 0.6 is 0 Å². The zero-order chi connectivity index (χ0) is 32.4. The number of benzene rings is 1. The van der Waals surface area contributed by atoms with Gasteiger partial charge in [-0.15, -0.1) is 0 Å². The molecular formula is C33H46N4O7. The third-order valence-electron chi connectivity index (χ3n) is 9.85. The molecule has 1 fully saturated rings. The number of aliphatic hydroxyl groups excluding tert-OH is 2.